The molecule has 0 atom stereocenters. The van der Waals surface area contributed by atoms with Crippen LogP contribution >= 0.6 is 11.9 Å². The second kappa shape index (κ2) is 12.2. The van der Waals surface area contributed by atoms with Gasteiger partial charge in [-0.3, -0.25) is 14.7 Å². The van der Waals surface area contributed by atoms with E-state index >= 15 is 0 Å². The molecule has 36 heavy (non-hydrogen) atoms. The Morgan fingerprint density at radius 1 is 1.06 bits per heavy atom. The molecule has 7 nitrogen and oxygen atoms in total. The van der Waals surface area contributed by atoms with Crippen molar-refractivity contribution in [1.82, 2.24) is 9.80 Å². The summed E-state index contributed by atoms with van der Waals surface area (Å²) in [4.78, 5) is 34.4. The van der Waals surface area contributed by atoms with E-state index in [-0.39, 0.29) is 11.8 Å². The summed E-state index contributed by atoms with van der Waals surface area (Å²) in [6, 6.07) is 13.7. The van der Waals surface area contributed by atoms with Gasteiger partial charge in [-0.15, -0.1) is 0 Å². The van der Waals surface area contributed by atoms with Crippen molar-refractivity contribution in [1.29, 1.82) is 0 Å². The van der Waals surface area contributed by atoms with Crippen LogP contribution in [0.4, 0.5) is 5.69 Å². The molecule has 8 heteroatoms. The molecule has 4 N–H and O–H groups in total. The molecule has 1 saturated heterocycles. The van der Waals surface area contributed by atoms with Gasteiger partial charge in [0.15, 0.2) is 0 Å². The number of nitrogens with two attached hydrogens (primary N) is 2. The fourth-order valence-electron chi connectivity index (χ4n) is 4.74. The van der Waals surface area contributed by atoms with Crippen molar-refractivity contribution < 1.29 is 9.59 Å². The Morgan fingerprint density at radius 3 is 2.47 bits per heavy atom. The summed E-state index contributed by atoms with van der Waals surface area (Å²) < 4.78 is 0. The molecule has 0 unspecified atom stereocenters. The minimum Gasteiger partial charge on any atom is -0.387 e. The highest BCUT2D eigenvalue weighted by Gasteiger charge is 2.22. The fraction of sp³-hybridized carbons (Fsp3) is 0.393. The minimum absolute atomic E-state index is 0.00667. The molecule has 0 aliphatic carbocycles. The minimum atomic E-state index is 0.00667. The average molecular weight is 506 g/mol. The van der Waals surface area contributed by atoms with Crippen LogP contribution in [0.15, 0.2) is 53.0 Å². The van der Waals surface area contributed by atoms with Crippen LogP contribution in [0, 0.1) is 0 Å². The molecule has 2 amide bonds. The van der Waals surface area contributed by atoms with E-state index in [1.807, 2.05) is 58.3 Å². The molecule has 2 heterocycles. The summed E-state index contributed by atoms with van der Waals surface area (Å²) in [7, 11) is 0. The van der Waals surface area contributed by atoms with Gasteiger partial charge in [0.25, 0.3) is 5.91 Å². The van der Waals surface area contributed by atoms with Crippen molar-refractivity contribution >= 4 is 41.4 Å². The lowest BCUT2D eigenvalue weighted by Gasteiger charge is -2.23. The normalized spacial score (nSPS) is 15.1. The number of hydrogen-bond donors (Lipinski definition) is 2. The molecular weight excluding hydrogens is 470 g/mol. The molecule has 0 saturated carbocycles. The summed E-state index contributed by atoms with van der Waals surface area (Å²) in [5.74, 6) is 1.34. The van der Waals surface area contributed by atoms with Gasteiger partial charge in [-0.2, -0.15) is 0 Å². The molecule has 0 radical (unpaired) electrons. The highest BCUT2D eigenvalue weighted by atomic mass is 32.2. The Hall–Kier alpha value is -3.10. The topological polar surface area (TPSA) is 105 Å². The second-order valence-electron chi connectivity index (χ2n) is 9.32. The van der Waals surface area contributed by atoms with E-state index in [1.54, 1.807) is 0 Å². The van der Waals surface area contributed by atoms with Crippen molar-refractivity contribution in [3.8, 4) is 11.1 Å². The van der Waals surface area contributed by atoms with E-state index < -0.39 is 0 Å². The number of carbonyl (C=O) groups excluding carboxylic acids is 2. The first-order chi connectivity index (χ1) is 17.5. The zero-order chi connectivity index (χ0) is 25.5. The maximum absolute atomic E-state index is 13.3. The monoisotopic (exact) mass is 505 g/mol. The highest BCUT2D eigenvalue weighted by Crippen LogP contribution is 2.32. The summed E-state index contributed by atoms with van der Waals surface area (Å²) in [6.45, 7) is 5.12. The predicted octanol–water partition coefficient (Wildman–Crippen LogP) is 4.60. The SMILES string of the molecule is CCCN(CCCSN)C(=O)C1=Cc2ccc(-c3ccc(C(=O)N4CCCC4)cc3)cc2N=C(N)C1. The van der Waals surface area contributed by atoms with Crippen LogP contribution in [0.2, 0.25) is 0 Å². The Balaban J connectivity index is 1.55. The number of benzene rings is 2. The number of likely N-dealkylation sites (tertiary alicyclic amines) is 1. The first-order valence-electron chi connectivity index (χ1n) is 12.7. The molecule has 0 aromatic heterocycles. The van der Waals surface area contributed by atoms with Crippen LogP contribution in [0.5, 0.6) is 0 Å². The van der Waals surface area contributed by atoms with Crippen LogP contribution in [-0.2, 0) is 4.79 Å². The molecule has 4 rings (SSSR count). The average Bonchev–Trinajstić information content (AvgIpc) is 3.37. The maximum atomic E-state index is 13.3. The van der Waals surface area contributed by atoms with Crippen molar-refractivity contribution in [2.24, 2.45) is 15.9 Å². The van der Waals surface area contributed by atoms with Gasteiger partial charge in [-0.05, 0) is 61.1 Å². The first kappa shape index (κ1) is 26.0. The number of amidine groups is 1. The zero-order valence-corrected chi connectivity index (χ0v) is 21.7. The summed E-state index contributed by atoms with van der Waals surface area (Å²) in [5.41, 5.74) is 11.2. The van der Waals surface area contributed by atoms with Gasteiger partial charge in [0.05, 0.1) is 5.69 Å². The Bertz CT molecular complexity index is 1150. The largest absolute Gasteiger partial charge is 0.387 e. The maximum Gasteiger partial charge on any atom is 0.253 e. The van der Waals surface area contributed by atoms with Gasteiger partial charge >= 0.3 is 0 Å². The van der Waals surface area contributed by atoms with E-state index in [2.05, 4.69) is 11.9 Å². The fourth-order valence-corrected chi connectivity index (χ4v) is 5.04. The number of aliphatic imine (C=N–C) groups is 1. The third kappa shape index (κ3) is 6.17. The molecule has 2 aromatic rings. The Labute approximate surface area is 217 Å². The number of nitrogens with zero attached hydrogens (tertiary/aromatic N) is 3. The molecule has 2 aromatic carbocycles. The summed E-state index contributed by atoms with van der Waals surface area (Å²) in [5, 5.41) is 5.55. The van der Waals surface area contributed by atoms with Crippen molar-refractivity contribution in [3.63, 3.8) is 0 Å². The molecule has 0 bridgehead atoms. The second-order valence-corrected chi connectivity index (χ2v) is 10.1. The van der Waals surface area contributed by atoms with Crippen molar-refractivity contribution in [2.45, 2.75) is 39.0 Å². The summed E-state index contributed by atoms with van der Waals surface area (Å²) in [6.07, 6.45) is 6.14. The summed E-state index contributed by atoms with van der Waals surface area (Å²) >= 11 is 1.30. The van der Waals surface area contributed by atoms with Gasteiger partial charge in [-0.25, -0.2) is 4.99 Å². The lowest BCUT2D eigenvalue weighted by atomic mass is 9.99. The number of carbonyl (C=O) groups is 2. The molecule has 2 aliphatic heterocycles. The van der Waals surface area contributed by atoms with Crippen LogP contribution in [0.3, 0.4) is 0 Å². The van der Waals surface area contributed by atoms with Crippen LogP contribution in [0.25, 0.3) is 17.2 Å². The first-order valence-corrected chi connectivity index (χ1v) is 13.7. The highest BCUT2D eigenvalue weighted by molar-refractivity contribution is 7.97. The van der Waals surface area contributed by atoms with Gasteiger partial charge in [0.1, 0.15) is 5.84 Å². The van der Waals surface area contributed by atoms with Crippen molar-refractivity contribution in [3.05, 3.63) is 59.2 Å². The lowest BCUT2D eigenvalue weighted by Crippen LogP contribution is -2.35. The van der Waals surface area contributed by atoms with Crippen LogP contribution in [0.1, 0.15) is 54.9 Å². The number of rotatable bonds is 9. The number of amides is 2. The smallest absolute Gasteiger partial charge is 0.253 e. The Morgan fingerprint density at radius 2 is 1.78 bits per heavy atom. The number of hydrogen-bond acceptors (Lipinski definition) is 6. The van der Waals surface area contributed by atoms with Gasteiger partial charge in [0.2, 0.25) is 5.91 Å². The van der Waals surface area contributed by atoms with E-state index in [4.69, 9.17) is 10.9 Å². The van der Waals surface area contributed by atoms with Crippen LogP contribution in [-0.4, -0.2) is 59.4 Å². The predicted molar refractivity (Wildman–Crippen MR) is 149 cm³/mol. The van der Waals surface area contributed by atoms with Gasteiger partial charge < -0.3 is 15.5 Å². The number of fused-ring (bicyclic) bond motifs is 1. The van der Waals surface area contributed by atoms with E-state index in [9.17, 15) is 9.59 Å². The molecule has 2 aliphatic rings. The van der Waals surface area contributed by atoms with E-state index in [0.29, 0.717) is 36.5 Å². The lowest BCUT2D eigenvalue weighted by molar-refractivity contribution is -0.127. The van der Waals surface area contributed by atoms with Crippen molar-refractivity contribution in [2.75, 3.05) is 31.9 Å². The standard InChI is InChI=1S/C28H35N5O2S/c1-2-12-32(15-5-16-36-30)28(35)24-17-23-11-10-22(18-25(23)31-26(29)19-24)20-6-8-21(9-7-20)27(34)33-13-3-4-14-33/h6-11,17-18H,2-5,12-16,19,30H2,1H3,(H2,29,31). The molecule has 0 spiro atoms. The van der Waals surface area contributed by atoms with Gasteiger partial charge in [0, 0.05) is 55.1 Å². The quantitative estimate of drug-likeness (QED) is 0.383. The van der Waals surface area contributed by atoms with E-state index in [1.165, 1.54) is 11.9 Å². The Kier molecular flexibility index (Phi) is 8.83. The third-order valence-corrected chi connectivity index (χ3v) is 7.12. The third-order valence-electron chi connectivity index (χ3n) is 6.60. The molecular formula is C28H35N5O2S. The van der Waals surface area contributed by atoms with Crippen LogP contribution < -0.4 is 10.9 Å². The van der Waals surface area contributed by atoms with E-state index in [0.717, 1.165) is 66.9 Å². The molecule has 1 fully saturated rings. The molecule has 190 valence electrons. The van der Waals surface area contributed by atoms with Gasteiger partial charge in [-0.1, -0.05) is 43.1 Å². The zero-order valence-electron chi connectivity index (χ0n) is 20.9.